The van der Waals surface area contributed by atoms with Gasteiger partial charge in [-0.3, -0.25) is 0 Å². The summed E-state index contributed by atoms with van der Waals surface area (Å²) in [6, 6.07) is 5.52. The number of hydrogen-bond acceptors (Lipinski definition) is 7. The molecule has 23 heavy (non-hydrogen) atoms. The number of hydrogen-bond donors (Lipinski definition) is 3. The van der Waals surface area contributed by atoms with Gasteiger partial charge in [0.05, 0.1) is 20.3 Å². The van der Waals surface area contributed by atoms with E-state index in [0.717, 1.165) is 5.39 Å². The van der Waals surface area contributed by atoms with Gasteiger partial charge in [-0.05, 0) is 12.1 Å². The number of aliphatic hydroxyl groups excluding tert-OH is 2. The van der Waals surface area contributed by atoms with Crippen LogP contribution >= 0.6 is 0 Å². The summed E-state index contributed by atoms with van der Waals surface area (Å²) in [6.07, 6.45) is 0.326. The van der Waals surface area contributed by atoms with Crippen LogP contribution in [-0.2, 0) is 6.42 Å². The maximum absolute atomic E-state index is 9.44. The van der Waals surface area contributed by atoms with Gasteiger partial charge >= 0.3 is 0 Å². The number of aliphatic hydroxyl groups is 2. The van der Waals surface area contributed by atoms with E-state index < -0.39 is 5.41 Å². The zero-order valence-corrected chi connectivity index (χ0v) is 13.0. The molecule has 2 aromatic heterocycles. The SMILES string of the molecule is COc1cccc2c1nc(N)n1nc(CC(C)(CO)CO)nc21. The molecule has 1 aromatic carbocycles. The van der Waals surface area contributed by atoms with Crippen molar-refractivity contribution < 1.29 is 14.9 Å². The predicted octanol–water partition coefficient (Wildman–Crippen LogP) is 0.402. The lowest BCUT2D eigenvalue weighted by atomic mass is 9.89. The first kappa shape index (κ1) is 15.4. The lowest BCUT2D eigenvalue weighted by Gasteiger charge is -2.22. The van der Waals surface area contributed by atoms with Crippen LogP contribution < -0.4 is 10.5 Å². The van der Waals surface area contributed by atoms with Crippen molar-refractivity contribution in [2.24, 2.45) is 5.41 Å². The maximum atomic E-state index is 9.44. The van der Waals surface area contributed by atoms with Crippen LogP contribution in [0.15, 0.2) is 18.2 Å². The molecule has 0 aliphatic carbocycles. The summed E-state index contributed by atoms with van der Waals surface area (Å²) in [5, 5.41) is 24.0. The molecule has 0 spiro atoms. The van der Waals surface area contributed by atoms with Gasteiger partial charge in [-0.2, -0.15) is 4.52 Å². The largest absolute Gasteiger partial charge is 0.494 e. The number of benzene rings is 1. The number of ether oxygens (including phenoxy) is 1. The van der Waals surface area contributed by atoms with Crippen LogP contribution in [0.25, 0.3) is 16.6 Å². The van der Waals surface area contributed by atoms with Crippen molar-refractivity contribution in [3.8, 4) is 5.75 Å². The highest BCUT2D eigenvalue weighted by Gasteiger charge is 2.26. The van der Waals surface area contributed by atoms with E-state index in [1.807, 2.05) is 12.1 Å². The van der Waals surface area contributed by atoms with Crippen LogP contribution in [-0.4, -0.2) is 50.1 Å². The van der Waals surface area contributed by atoms with E-state index in [0.29, 0.717) is 29.2 Å². The van der Waals surface area contributed by atoms with Crippen LogP contribution in [0.1, 0.15) is 12.7 Å². The summed E-state index contributed by atoms with van der Waals surface area (Å²) in [6.45, 7) is 1.43. The third-order valence-electron chi connectivity index (χ3n) is 3.90. The normalized spacial score (nSPS) is 12.2. The lowest BCUT2D eigenvalue weighted by molar-refractivity contribution is 0.0687. The summed E-state index contributed by atoms with van der Waals surface area (Å²) in [5.74, 6) is 1.29. The van der Waals surface area contributed by atoms with E-state index in [-0.39, 0.29) is 19.2 Å². The standard InChI is InChI=1S/C15H19N5O3/c1-15(7-21,8-22)6-11-17-13-9-4-3-5-10(23-2)12(9)18-14(16)20(13)19-11/h3-5,21-22H,6-8H2,1-2H3,(H2,16,18). The van der Waals surface area contributed by atoms with Crippen LogP contribution in [0.5, 0.6) is 5.75 Å². The van der Waals surface area contributed by atoms with Crippen molar-refractivity contribution in [1.29, 1.82) is 0 Å². The molecule has 0 radical (unpaired) electrons. The van der Waals surface area contributed by atoms with E-state index in [1.165, 1.54) is 4.52 Å². The van der Waals surface area contributed by atoms with Crippen molar-refractivity contribution in [2.75, 3.05) is 26.1 Å². The van der Waals surface area contributed by atoms with Gasteiger partial charge in [0.15, 0.2) is 11.5 Å². The molecule has 2 heterocycles. The number of nitrogen functional groups attached to an aromatic ring is 1. The highest BCUT2D eigenvalue weighted by atomic mass is 16.5. The summed E-state index contributed by atoms with van der Waals surface area (Å²) in [7, 11) is 1.57. The quantitative estimate of drug-likeness (QED) is 0.623. The summed E-state index contributed by atoms with van der Waals surface area (Å²) in [4.78, 5) is 8.85. The lowest BCUT2D eigenvalue weighted by Crippen LogP contribution is -2.29. The van der Waals surface area contributed by atoms with Crippen molar-refractivity contribution in [2.45, 2.75) is 13.3 Å². The molecular weight excluding hydrogens is 298 g/mol. The number of para-hydroxylation sites is 1. The predicted molar refractivity (Wildman–Crippen MR) is 85.2 cm³/mol. The first-order valence-electron chi connectivity index (χ1n) is 7.21. The maximum Gasteiger partial charge on any atom is 0.223 e. The first-order valence-corrected chi connectivity index (χ1v) is 7.21. The molecule has 3 rings (SSSR count). The average molecular weight is 317 g/mol. The molecule has 8 nitrogen and oxygen atoms in total. The van der Waals surface area contributed by atoms with E-state index in [1.54, 1.807) is 20.1 Å². The van der Waals surface area contributed by atoms with Crippen molar-refractivity contribution >= 4 is 22.5 Å². The third kappa shape index (κ3) is 2.55. The molecule has 0 saturated heterocycles. The van der Waals surface area contributed by atoms with Gasteiger partial charge in [0.1, 0.15) is 11.3 Å². The fourth-order valence-corrected chi connectivity index (χ4v) is 2.45. The average Bonchev–Trinajstić information content (AvgIpc) is 2.98. The van der Waals surface area contributed by atoms with Gasteiger partial charge in [0.2, 0.25) is 5.95 Å². The Labute approximate surface area is 132 Å². The summed E-state index contributed by atoms with van der Waals surface area (Å²) in [5.41, 5.74) is 6.47. The van der Waals surface area contributed by atoms with Gasteiger partial charge in [-0.15, -0.1) is 5.10 Å². The Morgan fingerprint density at radius 1 is 1.26 bits per heavy atom. The smallest absolute Gasteiger partial charge is 0.223 e. The van der Waals surface area contributed by atoms with E-state index in [2.05, 4.69) is 15.1 Å². The molecular formula is C15H19N5O3. The monoisotopic (exact) mass is 317 g/mol. The topological polar surface area (TPSA) is 119 Å². The second-order valence-corrected chi connectivity index (χ2v) is 5.89. The molecule has 0 unspecified atom stereocenters. The zero-order chi connectivity index (χ0) is 16.6. The zero-order valence-electron chi connectivity index (χ0n) is 13.0. The molecule has 4 N–H and O–H groups in total. The number of nitrogens with two attached hydrogens (primary N) is 1. The minimum absolute atomic E-state index is 0.165. The minimum Gasteiger partial charge on any atom is -0.494 e. The van der Waals surface area contributed by atoms with Gasteiger partial charge in [-0.25, -0.2) is 9.97 Å². The van der Waals surface area contributed by atoms with Crippen LogP contribution in [0, 0.1) is 5.41 Å². The number of fused-ring (bicyclic) bond motifs is 3. The summed E-state index contributed by atoms with van der Waals surface area (Å²) < 4.78 is 6.78. The number of aromatic nitrogens is 4. The fraction of sp³-hybridized carbons (Fsp3) is 0.400. The number of anilines is 1. The molecule has 0 fully saturated rings. The molecule has 0 atom stereocenters. The molecule has 0 aliphatic heterocycles. The van der Waals surface area contributed by atoms with Gasteiger partial charge in [0, 0.05) is 17.2 Å². The van der Waals surface area contributed by atoms with Crippen LogP contribution in [0.4, 0.5) is 5.95 Å². The van der Waals surface area contributed by atoms with Crippen LogP contribution in [0.2, 0.25) is 0 Å². The second-order valence-electron chi connectivity index (χ2n) is 5.89. The van der Waals surface area contributed by atoms with Crippen molar-refractivity contribution in [1.82, 2.24) is 19.6 Å². The number of nitrogens with zero attached hydrogens (tertiary/aromatic N) is 4. The number of rotatable bonds is 5. The Balaban J connectivity index is 2.19. The Bertz CT molecular complexity index is 857. The second kappa shape index (κ2) is 5.64. The minimum atomic E-state index is -0.694. The molecule has 0 aliphatic rings. The highest BCUT2D eigenvalue weighted by Crippen LogP contribution is 2.28. The molecule has 3 aromatic rings. The Morgan fingerprint density at radius 3 is 2.65 bits per heavy atom. The number of methoxy groups -OCH3 is 1. The Morgan fingerprint density at radius 2 is 2.00 bits per heavy atom. The highest BCUT2D eigenvalue weighted by molar-refractivity contribution is 5.95. The molecule has 0 saturated carbocycles. The van der Waals surface area contributed by atoms with Crippen molar-refractivity contribution in [3.05, 3.63) is 24.0 Å². The molecule has 0 amide bonds. The Hall–Kier alpha value is -2.45. The van der Waals surface area contributed by atoms with Gasteiger partial charge < -0.3 is 20.7 Å². The van der Waals surface area contributed by atoms with E-state index in [4.69, 9.17) is 10.5 Å². The van der Waals surface area contributed by atoms with E-state index in [9.17, 15) is 10.2 Å². The molecule has 8 heteroatoms. The molecule has 0 bridgehead atoms. The third-order valence-corrected chi connectivity index (χ3v) is 3.90. The van der Waals surface area contributed by atoms with E-state index >= 15 is 0 Å². The van der Waals surface area contributed by atoms with Crippen LogP contribution in [0.3, 0.4) is 0 Å². The first-order chi connectivity index (χ1) is 11.0. The van der Waals surface area contributed by atoms with Gasteiger partial charge in [-0.1, -0.05) is 13.0 Å². The molecule has 122 valence electrons. The Kier molecular flexibility index (Phi) is 3.78. The van der Waals surface area contributed by atoms with Crippen molar-refractivity contribution in [3.63, 3.8) is 0 Å². The summed E-state index contributed by atoms with van der Waals surface area (Å²) >= 11 is 0. The fourth-order valence-electron chi connectivity index (χ4n) is 2.45. The van der Waals surface area contributed by atoms with Gasteiger partial charge in [0.25, 0.3) is 0 Å².